The number of rotatable bonds is 3. The molecule has 2 heterocycles. The van der Waals surface area contributed by atoms with E-state index in [1.165, 1.54) is 0 Å². The molecule has 0 bridgehead atoms. The Morgan fingerprint density at radius 2 is 2.11 bits per heavy atom. The normalized spacial score (nSPS) is 14.1. The summed E-state index contributed by atoms with van der Waals surface area (Å²) >= 11 is 0. The van der Waals surface area contributed by atoms with E-state index in [-0.39, 0.29) is 0 Å². The van der Waals surface area contributed by atoms with Gasteiger partial charge in [0.2, 0.25) is 0 Å². The lowest BCUT2D eigenvalue weighted by Crippen LogP contribution is -2.20. The third-order valence-electron chi connectivity index (χ3n) is 3.05. The Hall–Kier alpha value is -2.50. The van der Waals surface area contributed by atoms with Gasteiger partial charge in [-0.2, -0.15) is 5.10 Å². The molecule has 0 saturated heterocycles. The minimum atomic E-state index is 0.582. The number of hydrogen-bond donors (Lipinski definition) is 2. The topological polar surface area (TPSA) is 77.5 Å². The highest BCUT2D eigenvalue weighted by Crippen LogP contribution is 2.20. The Labute approximate surface area is 110 Å². The van der Waals surface area contributed by atoms with Gasteiger partial charge in [-0.25, -0.2) is 4.68 Å². The summed E-state index contributed by atoms with van der Waals surface area (Å²) < 4.78 is 6.82. The molecule has 0 spiro atoms. The van der Waals surface area contributed by atoms with E-state index in [1.807, 2.05) is 24.3 Å². The van der Waals surface area contributed by atoms with Crippen LogP contribution in [0.3, 0.4) is 0 Å². The molecule has 0 aliphatic carbocycles. The summed E-state index contributed by atoms with van der Waals surface area (Å²) in [6.07, 6.45) is 1.73. The van der Waals surface area contributed by atoms with Crippen LogP contribution < -0.4 is 15.8 Å². The number of methoxy groups -OCH3 is 1. The fraction of sp³-hybridized carbons (Fsp3) is 0.231. The second-order valence-corrected chi connectivity index (χ2v) is 4.21. The minimum absolute atomic E-state index is 0.582. The van der Waals surface area contributed by atoms with Crippen LogP contribution >= 0.6 is 0 Å². The third kappa shape index (κ3) is 2.01. The van der Waals surface area contributed by atoms with Crippen LogP contribution in [0.4, 0.5) is 5.82 Å². The first kappa shape index (κ1) is 11.6. The maximum Gasteiger partial charge on any atom is 0.138 e. The Morgan fingerprint density at radius 1 is 1.32 bits per heavy atom. The Bertz CT molecular complexity index is 614. The molecule has 6 heteroatoms. The Balaban J connectivity index is 1.96. The second kappa shape index (κ2) is 4.64. The van der Waals surface area contributed by atoms with Crippen molar-refractivity contribution in [2.24, 2.45) is 4.99 Å². The van der Waals surface area contributed by atoms with Crippen molar-refractivity contribution in [3.8, 4) is 11.4 Å². The lowest BCUT2D eigenvalue weighted by molar-refractivity contribution is 0.414. The van der Waals surface area contributed by atoms with Gasteiger partial charge < -0.3 is 15.8 Å². The molecule has 19 heavy (non-hydrogen) atoms. The van der Waals surface area contributed by atoms with Crippen molar-refractivity contribution in [3.63, 3.8) is 0 Å². The number of aliphatic imine (C=N–C) groups is 1. The van der Waals surface area contributed by atoms with Gasteiger partial charge in [0.15, 0.2) is 0 Å². The van der Waals surface area contributed by atoms with E-state index in [9.17, 15) is 0 Å². The smallest absolute Gasteiger partial charge is 0.138 e. The first-order chi connectivity index (χ1) is 9.29. The van der Waals surface area contributed by atoms with Crippen LogP contribution in [0.5, 0.6) is 5.75 Å². The molecule has 0 unspecified atom stereocenters. The van der Waals surface area contributed by atoms with Crippen molar-refractivity contribution >= 4 is 11.7 Å². The van der Waals surface area contributed by atoms with E-state index >= 15 is 0 Å². The van der Waals surface area contributed by atoms with Crippen LogP contribution in [0.1, 0.15) is 5.56 Å². The molecule has 1 aromatic heterocycles. The summed E-state index contributed by atoms with van der Waals surface area (Å²) in [5.41, 5.74) is 7.87. The first-order valence-corrected chi connectivity index (χ1v) is 6.06. The third-order valence-corrected chi connectivity index (χ3v) is 3.05. The van der Waals surface area contributed by atoms with Gasteiger partial charge in [0.25, 0.3) is 0 Å². The van der Waals surface area contributed by atoms with Gasteiger partial charge in [0, 0.05) is 6.54 Å². The van der Waals surface area contributed by atoms with Crippen LogP contribution in [0.2, 0.25) is 0 Å². The number of nitrogen functional groups attached to an aromatic ring is 1. The zero-order chi connectivity index (χ0) is 13.2. The standard InChI is InChI=1S/C13H15N5O/c1-19-10-4-2-9(3-5-10)18-12(14)11(8-17-18)13-15-6-7-16-13/h2-5,8H,6-7,14H2,1H3,(H,15,16). The Morgan fingerprint density at radius 3 is 2.74 bits per heavy atom. The van der Waals surface area contributed by atoms with Crippen molar-refractivity contribution in [2.75, 3.05) is 25.9 Å². The van der Waals surface area contributed by atoms with Gasteiger partial charge >= 0.3 is 0 Å². The monoisotopic (exact) mass is 257 g/mol. The number of nitrogens with two attached hydrogens (primary N) is 1. The zero-order valence-electron chi connectivity index (χ0n) is 10.6. The molecule has 6 nitrogen and oxygen atoms in total. The maximum absolute atomic E-state index is 6.13. The van der Waals surface area contributed by atoms with E-state index in [0.29, 0.717) is 5.82 Å². The van der Waals surface area contributed by atoms with E-state index in [0.717, 1.165) is 35.9 Å². The molecule has 0 radical (unpaired) electrons. The van der Waals surface area contributed by atoms with Crippen molar-refractivity contribution in [2.45, 2.75) is 0 Å². The number of amidine groups is 1. The summed E-state index contributed by atoms with van der Waals surface area (Å²) in [6, 6.07) is 7.58. The second-order valence-electron chi connectivity index (χ2n) is 4.21. The number of ether oxygens (including phenoxy) is 1. The average molecular weight is 257 g/mol. The first-order valence-electron chi connectivity index (χ1n) is 6.06. The number of aromatic nitrogens is 2. The van der Waals surface area contributed by atoms with E-state index < -0.39 is 0 Å². The zero-order valence-corrected chi connectivity index (χ0v) is 10.6. The van der Waals surface area contributed by atoms with Crippen molar-refractivity contribution in [3.05, 3.63) is 36.0 Å². The number of benzene rings is 1. The fourth-order valence-electron chi connectivity index (χ4n) is 2.05. The van der Waals surface area contributed by atoms with Crippen LogP contribution in [0, 0.1) is 0 Å². The molecule has 3 rings (SSSR count). The molecule has 0 fully saturated rings. The highest BCUT2D eigenvalue weighted by molar-refractivity contribution is 6.03. The lowest BCUT2D eigenvalue weighted by atomic mass is 10.3. The molecule has 0 amide bonds. The number of nitrogens with one attached hydrogen (secondary N) is 1. The lowest BCUT2D eigenvalue weighted by Gasteiger charge is -2.06. The SMILES string of the molecule is COc1ccc(-n2ncc(C3=NCCN3)c2N)cc1. The fourth-order valence-corrected chi connectivity index (χ4v) is 2.05. The predicted octanol–water partition coefficient (Wildman–Crippen LogP) is 0.813. The summed E-state index contributed by atoms with van der Waals surface area (Å²) in [6.45, 7) is 1.63. The molecular formula is C13H15N5O. The number of hydrogen-bond acceptors (Lipinski definition) is 5. The van der Waals surface area contributed by atoms with Crippen molar-refractivity contribution in [1.29, 1.82) is 0 Å². The van der Waals surface area contributed by atoms with Gasteiger partial charge in [-0.15, -0.1) is 0 Å². The van der Waals surface area contributed by atoms with Gasteiger partial charge in [0.05, 0.1) is 31.1 Å². The summed E-state index contributed by atoms with van der Waals surface area (Å²) in [5, 5.41) is 7.51. The van der Waals surface area contributed by atoms with Gasteiger partial charge in [-0.05, 0) is 24.3 Å². The van der Waals surface area contributed by atoms with Gasteiger partial charge in [-0.3, -0.25) is 4.99 Å². The summed E-state index contributed by atoms with van der Waals surface area (Å²) in [4.78, 5) is 4.35. The summed E-state index contributed by atoms with van der Waals surface area (Å²) in [7, 11) is 1.64. The van der Waals surface area contributed by atoms with Crippen LogP contribution in [0.25, 0.3) is 5.69 Å². The predicted molar refractivity (Wildman–Crippen MR) is 73.9 cm³/mol. The number of anilines is 1. The molecule has 1 aliphatic rings. The maximum atomic E-state index is 6.13. The largest absolute Gasteiger partial charge is 0.497 e. The van der Waals surface area contributed by atoms with Gasteiger partial charge in [0.1, 0.15) is 17.4 Å². The summed E-state index contributed by atoms with van der Waals surface area (Å²) in [5.74, 6) is 2.20. The molecule has 2 aromatic rings. The molecular weight excluding hydrogens is 242 g/mol. The van der Waals surface area contributed by atoms with Crippen molar-refractivity contribution < 1.29 is 4.74 Å². The Kier molecular flexibility index (Phi) is 2.83. The molecule has 1 aliphatic heterocycles. The quantitative estimate of drug-likeness (QED) is 0.853. The highest BCUT2D eigenvalue weighted by Gasteiger charge is 2.16. The molecule has 1 aromatic carbocycles. The highest BCUT2D eigenvalue weighted by atomic mass is 16.5. The van der Waals surface area contributed by atoms with E-state index in [2.05, 4.69) is 15.4 Å². The number of nitrogens with zero attached hydrogens (tertiary/aromatic N) is 3. The minimum Gasteiger partial charge on any atom is -0.497 e. The van der Waals surface area contributed by atoms with E-state index in [1.54, 1.807) is 18.0 Å². The molecule has 3 N–H and O–H groups in total. The van der Waals surface area contributed by atoms with Gasteiger partial charge in [-0.1, -0.05) is 0 Å². The molecule has 98 valence electrons. The van der Waals surface area contributed by atoms with Crippen LogP contribution in [-0.2, 0) is 0 Å². The molecule has 0 atom stereocenters. The molecule has 0 saturated carbocycles. The van der Waals surface area contributed by atoms with Crippen molar-refractivity contribution in [1.82, 2.24) is 15.1 Å². The average Bonchev–Trinajstić information content (AvgIpc) is 3.08. The van der Waals surface area contributed by atoms with Crippen LogP contribution in [-0.4, -0.2) is 35.8 Å². The van der Waals surface area contributed by atoms with Crippen LogP contribution in [0.15, 0.2) is 35.5 Å². The van der Waals surface area contributed by atoms with E-state index in [4.69, 9.17) is 10.5 Å².